The van der Waals surface area contributed by atoms with Gasteiger partial charge in [-0.25, -0.2) is 0 Å². The third-order valence-electron chi connectivity index (χ3n) is 2.38. The van der Waals surface area contributed by atoms with Crippen LogP contribution >= 0.6 is 0 Å². The molecule has 0 spiro atoms. The van der Waals surface area contributed by atoms with Crippen molar-refractivity contribution in [2.45, 2.75) is 12.8 Å². The molecule has 4 nitrogen and oxygen atoms in total. The van der Waals surface area contributed by atoms with Crippen molar-refractivity contribution < 1.29 is 14.2 Å². The summed E-state index contributed by atoms with van der Waals surface area (Å²) in [5.74, 6) is 1.55. The van der Waals surface area contributed by atoms with Gasteiger partial charge in [-0.3, -0.25) is 0 Å². The molecule has 0 aliphatic rings. The predicted octanol–water partition coefficient (Wildman–Crippen LogP) is 2.34. The van der Waals surface area contributed by atoms with Crippen LogP contribution in [0.15, 0.2) is 12.1 Å². The van der Waals surface area contributed by atoms with Gasteiger partial charge in [0.15, 0.2) is 0 Å². The summed E-state index contributed by atoms with van der Waals surface area (Å²) in [6.45, 7) is 1.80. The van der Waals surface area contributed by atoms with Gasteiger partial charge in [-0.2, -0.15) is 5.26 Å². The minimum atomic E-state index is -0.296. The zero-order chi connectivity index (χ0) is 12.1. The van der Waals surface area contributed by atoms with Crippen molar-refractivity contribution in [2.75, 3.05) is 21.3 Å². The minimum absolute atomic E-state index is 0.296. The second-order valence-corrected chi connectivity index (χ2v) is 3.30. The highest BCUT2D eigenvalue weighted by molar-refractivity contribution is 5.53. The van der Waals surface area contributed by atoms with Crippen LogP contribution in [0.1, 0.15) is 18.4 Å². The van der Waals surface area contributed by atoms with Crippen molar-refractivity contribution in [1.82, 2.24) is 0 Å². The minimum Gasteiger partial charge on any atom is -0.496 e. The van der Waals surface area contributed by atoms with Crippen LogP contribution in [0.5, 0.6) is 17.2 Å². The van der Waals surface area contributed by atoms with Gasteiger partial charge >= 0.3 is 0 Å². The Kier molecular flexibility index (Phi) is 4.01. The highest BCUT2D eigenvalue weighted by Gasteiger charge is 2.18. The Labute approximate surface area is 95.4 Å². The van der Waals surface area contributed by atoms with Gasteiger partial charge < -0.3 is 14.2 Å². The fourth-order valence-electron chi connectivity index (χ4n) is 1.52. The molecule has 0 heterocycles. The van der Waals surface area contributed by atoms with E-state index in [-0.39, 0.29) is 5.92 Å². The molecular formula is C12H15NO3. The summed E-state index contributed by atoms with van der Waals surface area (Å²) in [7, 11) is 4.69. The van der Waals surface area contributed by atoms with Crippen molar-refractivity contribution in [1.29, 1.82) is 5.26 Å². The fraction of sp³-hybridized carbons (Fsp3) is 0.417. The van der Waals surface area contributed by atoms with Gasteiger partial charge in [0, 0.05) is 12.1 Å². The Hall–Kier alpha value is -1.89. The lowest BCUT2D eigenvalue weighted by molar-refractivity contribution is 0.368. The SMILES string of the molecule is COc1cc(OC)c(C(C)C#N)c(OC)c1. The molecule has 0 bridgehead atoms. The molecule has 1 atom stereocenters. The van der Waals surface area contributed by atoms with E-state index in [4.69, 9.17) is 19.5 Å². The first kappa shape index (κ1) is 12.2. The van der Waals surface area contributed by atoms with Crippen molar-refractivity contribution in [3.05, 3.63) is 17.7 Å². The number of hydrogen-bond acceptors (Lipinski definition) is 4. The normalized spacial score (nSPS) is 11.4. The van der Waals surface area contributed by atoms with E-state index >= 15 is 0 Å². The Balaban J connectivity index is 3.38. The van der Waals surface area contributed by atoms with Gasteiger partial charge in [0.25, 0.3) is 0 Å². The number of methoxy groups -OCH3 is 3. The van der Waals surface area contributed by atoms with Crippen LogP contribution in [0.3, 0.4) is 0 Å². The number of nitrogens with zero attached hydrogens (tertiary/aromatic N) is 1. The van der Waals surface area contributed by atoms with Crippen LogP contribution in [-0.4, -0.2) is 21.3 Å². The van der Waals surface area contributed by atoms with E-state index in [1.54, 1.807) is 40.4 Å². The van der Waals surface area contributed by atoms with E-state index < -0.39 is 0 Å². The van der Waals surface area contributed by atoms with Crippen molar-refractivity contribution >= 4 is 0 Å². The lowest BCUT2D eigenvalue weighted by atomic mass is 10.00. The molecule has 1 unspecified atom stereocenters. The standard InChI is InChI=1S/C12H15NO3/c1-8(7-13)12-10(15-3)5-9(14-2)6-11(12)16-4/h5-6,8H,1-4H3. The Morgan fingerprint density at radius 3 is 1.88 bits per heavy atom. The van der Waals surface area contributed by atoms with Gasteiger partial charge in [-0.1, -0.05) is 0 Å². The monoisotopic (exact) mass is 221 g/mol. The topological polar surface area (TPSA) is 51.5 Å². The maximum absolute atomic E-state index is 8.96. The summed E-state index contributed by atoms with van der Waals surface area (Å²) < 4.78 is 15.6. The van der Waals surface area contributed by atoms with Gasteiger partial charge in [0.1, 0.15) is 17.2 Å². The number of rotatable bonds is 4. The summed E-state index contributed by atoms with van der Waals surface area (Å²) in [5, 5.41) is 8.96. The molecule has 1 aromatic carbocycles. The molecule has 0 fully saturated rings. The van der Waals surface area contributed by atoms with Gasteiger partial charge in [-0.05, 0) is 6.92 Å². The average Bonchev–Trinajstić information content (AvgIpc) is 2.35. The Morgan fingerprint density at radius 2 is 1.56 bits per heavy atom. The third kappa shape index (κ3) is 2.19. The van der Waals surface area contributed by atoms with Crippen LogP contribution < -0.4 is 14.2 Å². The van der Waals surface area contributed by atoms with Crippen LogP contribution in [0, 0.1) is 11.3 Å². The zero-order valence-electron chi connectivity index (χ0n) is 9.90. The molecular weight excluding hydrogens is 206 g/mol. The van der Waals surface area contributed by atoms with E-state index in [2.05, 4.69) is 6.07 Å². The summed E-state index contributed by atoms with van der Waals surface area (Å²) in [6, 6.07) is 5.65. The van der Waals surface area contributed by atoms with E-state index in [0.717, 1.165) is 5.56 Å². The molecule has 1 aromatic rings. The number of nitriles is 1. The first-order valence-corrected chi connectivity index (χ1v) is 4.87. The first-order chi connectivity index (χ1) is 7.67. The Morgan fingerprint density at radius 1 is 1.06 bits per heavy atom. The third-order valence-corrected chi connectivity index (χ3v) is 2.38. The number of benzene rings is 1. The molecule has 0 aliphatic carbocycles. The molecule has 0 saturated heterocycles. The molecule has 16 heavy (non-hydrogen) atoms. The zero-order valence-corrected chi connectivity index (χ0v) is 9.90. The van der Waals surface area contributed by atoms with E-state index in [1.165, 1.54) is 0 Å². The maximum atomic E-state index is 8.96. The highest BCUT2D eigenvalue weighted by atomic mass is 16.5. The molecule has 0 radical (unpaired) electrons. The summed E-state index contributed by atoms with van der Waals surface area (Å²) in [5.41, 5.74) is 0.744. The average molecular weight is 221 g/mol. The van der Waals surface area contributed by atoms with Crippen molar-refractivity contribution in [3.63, 3.8) is 0 Å². The summed E-state index contributed by atoms with van der Waals surface area (Å²) in [6.07, 6.45) is 0. The predicted molar refractivity (Wildman–Crippen MR) is 60.1 cm³/mol. The second kappa shape index (κ2) is 5.26. The van der Waals surface area contributed by atoms with Gasteiger partial charge in [0.05, 0.1) is 38.9 Å². The molecule has 0 saturated carbocycles. The molecule has 0 aromatic heterocycles. The van der Waals surface area contributed by atoms with E-state index in [0.29, 0.717) is 17.2 Å². The van der Waals surface area contributed by atoms with Crippen LogP contribution in [0.25, 0.3) is 0 Å². The highest BCUT2D eigenvalue weighted by Crippen LogP contribution is 2.38. The number of ether oxygens (including phenoxy) is 3. The fourth-order valence-corrected chi connectivity index (χ4v) is 1.52. The van der Waals surface area contributed by atoms with Crippen LogP contribution in [0.2, 0.25) is 0 Å². The summed E-state index contributed by atoms with van der Waals surface area (Å²) in [4.78, 5) is 0. The van der Waals surface area contributed by atoms with Crippen LogP contribution in [0.4, 0.5) is 0 Å². The molecule has 1 rings (SSSR count). The first-order valence-electron chi connectivity index (χ1n) is 4.87. The molecule has 0 N–H and O–H groups in total. The van der Waals surface area contributed by atoms with E-state index in [1.807, 2.05) is 0 Å². The van der Waals surface area contributed by atoms with E-state index in [9.17, 15) is 0 Å². The quantitative estimate of drug-likeness (QED) is 0.783. The van der Waals surface area contributed by atoms with Gasteiger partial charge in [0.2, 0.25) is 0 Å². The largest absolute Gasteiger partial charge is 0.496 e. The van der Waals surface area contributed by atoms with Crippen molar-refractivity contribution in [2.24, 2.45) is 0 Å². The smallest absolute Gasteiger partial charge is 0.130 e. The number of hydrogen-bond donors (Lipinski definition) is 0. The lowest BCUT2D eigenvalue weighted by Crippen LogP contribution is -2.00. The van der Waals surface area contributed by atoms with Crippen molar-refractivity contribution in [3.8, 4) is 23.3 Å². The van der Waals surface area contributed by atoms with Gasteiger partial charge in [-0.15, -0.1) is 0 Å². The molecule has 86 valence electrons. The molecule has 4 heteroatoms. The second-order valence-electron chi connectivity index (χ2n) is 3.30. The molecule has 0 aliphatic heterocycles. The lowest BCUT2D eigenvalue weighted by Gasteiger charge is -2.16. The maximum Gasteiger partial charge on any atom is 0.130 e. The molecule has 0 amide bonds. The summed E-state index contributed by atoms with van der Waals surface area (Å²) >= 11 is 0. The Bertz CT molecular complexity index is 384. The van der Waals surface area contributed by atoms with Crippen LogP contribution in [-0.2, 0) is 0 Å².